The van der Waals surface area contributed by atoms with E-state index in [-0.39, 0.29) is 35.7 Å². The van der Waals surface area contributed by atoms with Crippen LogP contribution in [0.25, 0.3) is 0 Å². The lowest BCUT2D eigenvalue weighted by Crippen LogP contribution is -2.27. The van der Waals surface area contributed by atoms with Crippen LogP contribution in [0.2, 0.25) is 0 Å². The third-order valence-electron chi connectivity index (χ3n) is 15.6. The highest BCUT2D eigenvalue weighted by Crippen LogP contribution is 2.25. The fraction of sp³-hybridized carbons (Fsp3) is 0.882. The van der Waals surface area contributed by atoms with E-state index < -0.39 is 0 Å². The topological polar surface area (TPSA) is 153 Å². The molecule has 0 spiro atoms. The highest BCUT2D eigenvalue weighted by molar-refractivity contribution is 5.73. The van der Waals surface area contributed by atoms with Gasteiger partial charge < -0.3 is 38.1 Å². The zero-order valence-electron chi connectivity index (χ0n) is 61.3. The van der Waals surface area contributed by atoms with Gasteiger partial charge in [0.1, 0.15) is 0 Å². The van der Waals surface area contributed by atoms with Gasteiger partial charge in [0.05, 0.1) is 57.8 Å². The molecule has 13 nitrogen and oxygen atoms in total. The van der Waals surface area contributed by atoms with Crippen LogP contribution in [-0.4, -0.2) is 102 Å². The standard InChI is InChI=1S/C31H58O4.C18H34O4.C10H19NO2.C9H18O2.2C4H10/c1-7-10-12-14-16-18-21-33-28(5)24-30(25-29(6)34-23-20-27(4)9-3)26-31(32)35-22-19-17-15-13-11-8-2;1-4-7-8-9-10-11-13-22-18(20)15-16(6-3)14-17(19)21-12-5-2;1-9(12)13-8-10-5-3-4-6-11(2)7-10;1-2-3-4-5-6-7-8-11-9-10;2*1-3-4-2/h27,30H,5-26H2,1-4H3;16H,4-15H2,1-3H3;10H,3-8H2,1-2H3;9H,2-8H2,1H3;2*3-4H2,1-2H3. The van der Waals surface area contributed by atoms with Gasteiger partial charge in [-0.2, -0.15) is 0 Å². The van der Waals surface area contributed by atoms with Crippen LogP contribution in [0.4, 0.5) is 0 Å². The average Bonchev–Trinajstić information content (AvgIpc) is 3.76. The summed E-state index contributed by atoms with van der Waals surface area (Å²) in [6, 6.07) is 0. The van der Waals surface area contributed by atoms with E-state index in [4.69, 9.17) is 28.4 Å². The molecule has 0 aliphatic carbocycles. The minimum Gasteiger partial charge on any atom is -0.499 e. The Kier molecular flexibility index (Phi) is 83.1. The van der Waals surface area contributed by atoms with E-state index in [0.717, 1.165) is 82.3 Å². The van der Waals surface area contributed by atoms with Gasteiger partial charge in [-0.25, -0.2) is 0 Å². The molecule has 0 aromatic heterocycles. The number of unbranched alkanes of at least 4 members (excludes halogenated alkanes) is 22. The number of hydrogen-bond donors (Lipinski definition) is 0. The summed E-state index contributed by atoms with van der Waals surface area (Å²) in [4.78, 5) is 58.5. The molecule has 0 radical (unpaired) electrons. The van der Waals surface area contributed by atoms with Crippen molar-refractivity contribution in [1.82, 2.24) is 4.90 Å². The molecule has 0 amide bonds. The zero-order chi connectivity index (χ0) is 67.7. The third-order valence-corrected chi connectivity index (χ3v) is 15.6. The first-order valence-corrected chi connectivity index (χ1v) is 36.9. The Morgan fingerprint density at radius 3 is 1.20 bits per heavy atom. The summed E-state index contributed by atoms with van der Waals surface area (Å²) in [7, 11) is 2.13. The monoisotopic (exact) mass is 1270 g/mol. The third kappa shape index (κ3) is 82.4. The maximum atomic E-state index is 12.5. The predicted octanol–water partition coefficient (Wildman–Crippen LogP) is 21.6. The molecule has 1 rings (SSSR count). The molecule has 13 heteroatoms. The van der Waals surface area contributed by atoms with Crippen LogP contribution >= 0.6 is 0 Å². The van der Waals surface area contributed by atoms with Gasteiger partial charge in [0.2, 0.25) is 0 Å². The van der Waals surface area contributed by atoms with Crippen LogP contribution in [0.15, 0.2) is 24.7 Å². The first-order valence-electron chi connectivity index (χ1n) is 36.9. The molecule has 1 saturated heterocycles. The minimum atomic E-state index is -0.211. The first kappa shape index (κ1) is 94.1. The molecule has 530 valence electrons. The smallest absolute Gasteiger partial charge is 0.306 e. The van der Waals surface area contributed by atoms with Gasteiger partial charge in [0.25, 0.3) is 6.47 Å². The van der Waals surface area contributed by atoms with Crippen molar-refractivity contribution in [1.29, 1.82) is 0 Å². The SMILES string of the molecule is C=C(CC(CC(=C)OCCC(C)CC)CC(=O)OCCCCCCCC)OCCCCCCCC.CC(=O)OCC1CCCCN(C)C1.CCCC.CCCC.CCCCCCCCOC(=O)CC(CC)CC(=O)OCCC.CCCCCCCCOC=O. The molecule has 0 aromatic carbocycles. The van der Waals surface area contributed by atoms with E-state index in [1.54, 1.807) is 0 Å². The molecule has 1 heterocycles. The number of rotatable bonds is 52. The number of likely N-dealkylation sites (tertiary alicyclic amines) is 1. The number of ether oxygens (including phenoxy) is 7. The van der Waals surface area contributed by atoms with Crippen molar-refractivity contribution in [2.75, 3.05) is 66.4 Å². The lowest BCUT2D eigenvalue weighted by molar-refractivity contribution is -0.148. The van der Waals surface area contributed by atoms with Crippen LogP contribution in [0, 0.1) is 23.7 Å². The summed E-state index contributed by atoms with van der Waals surface area (Å²) in [5, 5.41) is 0. The summed E-state index contributed by atoms with van der Waals surface area (Å²) < 4.78 is 37.2. The number of nitrogens with zero attached hydrogens (tertiary/aromatic N) is 1. The number of allylic oxidation sites excluding steroid dienone is 2. The van der Waals surface area contributed by atoms with Crippen molar-refractivity contribution >= 4 is 30.3 Å². The van der Waals surface area contributed by atoms with E-state index in [9.17, 15) is 24.0 Å². The van der Waals surface area contributed by atoms with Gasteiger partial charge in [0.15, 0.2) is 0 Å². The molecule has 0 aromatic rings. The summed E-state index contributed by atoms with van der Waals surface area (Å²) in [5.74, 6) is 2.04. The van der Waals surface area contributed by atoms with Crippen molar-refractivity contribution in [3.63, 3.8) is 0 Å². The van der Waals surface area contributed by atoms with Crippen LogP contribution < -0.4 is 0 Å². The summed E-state index contributed by atoms with van der Waals surface area (Å²) in [5.41, 5.74) is 0. The molecule has 0 saturated carbocycles. The Morgan fingerprint density at radius 1 is 0.438 bits per heavy atom. The fourth-order valence-electron chi connectivity index (χ4n) is 9.11. The second-order valence-electron chi connectivity index (χ2n) is 24.9. The van der Waals surface area contributed by atoms with Gasteiger partial charge in [-0.1, -0.05) is 270 Å². The van der Waals surface area contributed by atoms with E-state index in [0.29, 0.717) is 96.7 Å². The molecular weight excluding hydrogens is 1120 g/mol. The second-order valence-corrected chi connectivity index (χ2v) is 24.9. The Hall–Kier alpha value is -3.61. The molecule has 1 aliphatic rings. The Morgan fingerprint density at radius 2 is 0.820 bits per heavy atom. The maximum absolute atomic E-state index is 12.5. The lowest BCUT2D eigenvalue weighted by atomic mass is 9.96. The van der Waals surface area contributed by atoms with Crippen molar-refractivity contribution in [3.05, 3.63) is 24.7 Å². The summed E-state index contributed by atoms with van der Waals surface area (Å²) in [6.07, 6.45) is 44.0. The summed E-state index contributed by atoms with van der Waals surface area (Å²) in [6.45, 7) is 42.5. The number of esters is 4. The highest BCUT2D eigenvalue weighted by Gasteiger charge is 2.21. The molecular formula is C76H149NO12. The molecule has 4 atom stereocenters. The van der Waals surface area contributed by atoms with Gasteiger partial charge in [-0.15, -0.1) is 0 Å². The Bertz CT molecular complexity index is 1480. The van der Waals surface area contributed by atoms with E-state index >= 15 is 0 Å². The number of carbonyl (C=O) groups is 5. The van der Waals surface area contributed by atoms with Crippen molar-refractivity contribution in [3.8, 4) is 0 Å². The van der Waals surface area contributed by atoms with Gasteiger partial charge in [-0.05, 0) is 82.7 Å². The maximum Gasteiger partial charge on any atom is 0.306 e. The van der Waals surface area contributed by atoms with Gasteiger partial charge in [-0.3, -0.25) is 24.0 Å². The fourth-order valence-corrected chi connectivity index (χ4v) is 9.11. The van der Waals surface area contributed by atoms with Gasteiger partial charge >= 0.3 is 23.9 Å². The van der Waals surface area contributed by atoms with E-state index in [2.05, 4.69) is 99.1 Å². The first-order chi connectivity index (χ1) is 43.0. The van der Waals surface area contributed by atoms with Crippen molar-refractivity contribution in [2.45, 2.75) is 347 Å². The van der Waals surface area contributed by atoms with Crippen LogP contribution in [0.5, 0.6) is 0 Å². The lowest BCUT2D eigenvalue weighted by Gasteiger charge is -2.20. The largest absolute Gasteiger partial charge is 0.499 e. The van der Waals surface area contributed by atoms with Gasteiger partial charge in [0, 0.05) is 51.5 Å². The molecule has 1 aliphatic heterocycles. The number of hydrogen-bond acceptors (Lipinski definition) is 13. The average molecular weight is 1270 g/mol. The van der Waals surface area contributed by atoms with Crippen molar-refractivity contribution < 1.29 is 57.1 Å². The second kappa shape index (κ2) is 78.6. The molecule has 4 unspecified atom stereocenters. The van der Waals surface area contributed by atoms with Crippen LogP contribution in [0.1, 0.15) is 347 Å². The Labute approximate surface area is 551 Å². The predicted molar refractivity (Wildman–Crippen MR) is 376 cm³/mol. The van der Waals surface area contributed by atoms with Crippen molar-refractivity contribution in [2.24, 2.45) is 23.7 Å². The number of carbonyl (C=O) groups excluding carboxylic acids is 5. The molecule has 1 fully saturated rings. The van der Waals surface area contributed by atoms with E-state index in [1.807, 2.05) is 13.8 Å². The molecule has 89 heavy (non-hydrogen) atoms. The normalized spacial score (nSPS) is 13.5. The molecule has 0 N–H and O–H groups in total. The molecule has 0 bridgehead atoms. The zero-order valence-corrected chi connectivity index (χ0v) is 61.3. The van der Waals surface area contributed by atoms with Crippen LogP contribution in [0.3, 0.4) is 0 Å². The minimum absolute atomic E-state index is 0.0291. The Balaban J connectivity index is -0.000000368. The van der Waals surface area contributed by atoms with E-state index in [1.165, 1.54) is 174 Å². The highest BCUT2D eigenvalue weighted by atomic mass is 16.5. The quantitative estimate of drug-likeness (QED) is 0.0187. The summed E-state index contributed by atoms with van der Waals surface area (Å²) >= 11 is 0. The van der Waals surface area contributed by atoms with Crippen LogP contribution in [-0.2, 0) is 57.1 Å².